The summed E-state index contributed by atoms with van der Waals surface area (Å²) in [6.07, 6.45) is 0. The summed E-state index contributed by atoms with van der Waals surface area (Å²) in [5.74, 6) is 0. The van der Waals surface area contributed by atoms with E-state index >= 15 is 0 Å². The molecule has 78 valence electrons. The van der Waals surface area contributed by atoms with Crippen molar-refractivity contribution in [3.8, 4) is 0 Å². The largest absolute Gasteiger partial charge is 0.377 e. The van der Waals surface area contributed by atoms with Gasteiger partial charge in [0.1, 0.15) is 0 Å². The van der Waals surface area contributed by atoms with Gasteiger partial charge in [0, 0.05) is 12.1 Å². The molecule has 1 heterocycles. The summed E-state index contributed by atoms with van der Waals surface area (Å²) in [5, 5.41) is 3.33. The SMILES string of the molecule is CC(C)(N)CNC1COCCOC1. The first-order valence-corrected chi connectivity index (χ1v) is 4.76. The second-order valence-corrected chi connectivity index (χ2v) is 4.22. The number of hydrogen-bond donors (Lipinski definition) is 2. The van der Waals surface area contributed by atoms with Crippen molar-refractivity contribution in [3.63, 3.8) is 0 Å². The van der Waals surface area contributed by atoms with Crippen LogP contribution in [-0.2, 0) is 9.47 Å². The monoisotopic (exact) mass is 188 g/mol. The Kier molecular flexibility index (Phi) is 4.12. The van der Waals surface area contributed by atoms with Gasteiger partial charge in [0.05, 0.1) is 32.5 Å². The topological polar surface area (TPSA) is 56.5 Å². The number of nitrogens with one attached hydrogen (secondary N) is 1. The molecule has 0 radical (unpaired) electrons. The Labute approximate surface area is 79.8 Å². The number of rotatable bonds is 3. The summed E-state index contributed by atoms with van der Waals surface area (Å²) < 4.78 is 10.7. The predicted octanol–water partition coefficient (Wildman–Crippen LogP) is -0.271. The fourth-order valence-corrected chi connectivity index (χ4v) is 1.14. The number of nitrogens with two attached hydrogens (primary N) is 1. The third-order valence-corrected chi connectivity index (χ3v) is 1.86. The highest BCUT2D eigenvalue weighted by Crippen LogP contribution is 1.98. The van der Waals surface area contributed by atoms with Crippen molar-refractivity contribution in [3.05, 3.63) is 0 Å². The van der Waals surface area contributed by atoms with E-state index in [0.717, 1.165) is 19.8 Å². The minimum Gasteiger partial charge on any atom is -0.377 e. The third kappa shape index (κ3) is 5.21. The van der Waals surface area contributed by atoms with E-state index in [-0.39, 0.29) is 11.6 Å². The van der Waals surface area contributed by atoms with E-state index in [1.54, 1.807) is 0 Å². The molecule has 4 heteroatoms. The summed E-state index contributed by atoms with van der Waals surface area (Å²) >= 11 is 0. The zero-order chi connectivity index (χ0) is 9.73. The Morgan fingerprint density at radius 2 is 1.85 bits per heavy atom. The van der Waals surface area contributed by atoms with Gasteiger partial charge in [0.25, 0.3) is 0 Å². The smallest absolute Gasteiger partial charge is 0.0701 e. The van der Waals surface area contributed by atoms with Crippen LogP contribution in [0.3, 0.4) is 0 Å². The van der Waals surface area contributed by atoms with Crippen LogP contribution in [-0.4, -0.2) is 44.6 Å². The highest BCUT2D eigenvalue weighted by Gasteiger charge is 2.16. The lowest BCUT2D eigenvalue weighted by Crippen LogP contribution is -2.48. The summed E-state index contributed by atoms with van der Waals surface area (Å²) in [6, 6.07) is 0.283. The van der Waals surface area contributed by atoms with E-state index in [9.17, 15) is 0 Å². The molecule has 0 aromatic carbocycles. The quantitative estimate of drug-likeness (QED) is 0.640. The van der Waals surface area contributed by atoms with Crippen LogP contribution in [0.15, 0.2) is 0 Å². The standard InChI is InChI=1S/C9H20N2O2/c1-9(2,10)7-11-8-5-12-3-4-13-6-8/h8,11H,3-7,10H2,1-2H3. The van der Waals surface area contributed by atoms with Crippen molar-refractivity contribution in [1.82, 2.24) is 5.32 Å². The van der Waals surface area contributed by atoms with Crippen LogP contribution in [0, 0.1) is 0 Å². The first kappa shape index (κ1) is 10.9. The molecule has 0 aromatic rings. The summed E-state index contributed by atoms with van der Waals surface area (Å²) in [6.45, 7) is 7.61. The normalized spacial score (nSPS) is 21.5. The zero-order valence-corrected chi connectivity index (χ0v) is 8.51. The first-order valence-electron chi connectivity index (χ1n) is 4.76. The van der Waals surface area contributed by atoms with Gasteiger partial charge in [-0.2, -0.15) is 0 Å². The molecule has 0 spiro atoms. The summed E-state index contributed by atoms with van der Waals surface area (Å²) in [5.41, 5.74) is 5.67. The molecule has 0 aliphatic carbocycles. The zero-order valence-electron chi connectivity index (χ0n) is 8.51. The van der Waals surface area contributed by atoms with Crippen molar-refractivity contribution >= 4 is 0 Å². The number of hydrogen-bond acceptors (Lipinski definition) is 4. The van der Waals surface area contributed by atoms with Gasteiger partial charge in [-0.3, -0.25) is 0 Å². The maximum Gasteiger partial charge on any atom is 0.0701 e. The van der Waals surface area contributed by atoms with Crippen molar-refractivity contribution in [2.45, 2.75) is 25.4 Å². The first-order chi connectivity index (χ1) is 6.08. The molecule has 0 amide bonds. The van der Waals surface area contributed by atoms with Gasteiger partial charge in [-0.1, -0.05) is 0 Å². The van der Waals surface area contributed by atoms with Gasteiger partial charge in [-0.05, 0) is 13.8 Å². The molecular formula is C9H20N2O2. The molecule has 1 saturated heterocycles. The van der Waals surface area contributed by atoms with Gasteiger partial charge in [-0.15, -0.1) is 0 Å². The van der Waals surface area contributed by atoms with Crippen molar-refractivity contribution in [2.24, 2.45) is 5.73 Å². The molecule has 3 N–H and O–H groups in total. The molecule has 1 rings (SSSR count). The van der Waals surface area contributed by atoms with Gasteiger partial charge in [0.2, 0.25) is 0 Å². The van der Waals surface area contributed by atoms with Crippen LogP contribution in [0.1, 0.15) is 13.8 Å². The average Bonchev–Trinajstić information content (AvgIpc) is 2.26. The van der Waals surface area contributed by atoms with Crippen LogP contribution >= 0.6 is 0 Å². The highest BCUT2D eigenvalue weighted by molar-refractivity contribution is 4.78. The average molecular weight is 188 g/mol. The molecule has 1 aliphatic rings. The van der Waals surface area contributed by atoms with Crippen molar-refractivity contribution in [1.29, 1.82) is 0 Å². The van der Waals surface area contributed by atoms with Crippen molar-refractivity contribution < 1.29 is 9.47 Å². The third-order valence-electron chi connectivity index (χ3n) is 1.86. The van der Waals surface area contributed by atoms with E-state index < -0.39 is 0 Å². The molecule has 0 unspecified atom stereocenters. The Bertz CT molecular complexity index is 137. The molecular weight excluding hydrogens is 168 g/mol. The fourth-order valence-electron chi connectivity index (χ4n) is 1.14. The Morgan fingerprint density at radius 3 is 2.31 bits per heavy atom. The van der Waals surface area contributed by atoms with Gasteiger partial charge in [-0.25, -0.2) is 0 Å². The van der Waals surface area contributed by atoms with Gasteiger partial charge < -0.3 is 20.5 Å². The lowest BCUT2D eigenvalue weighted by molar-refractivity contribution is 0.103. The molecule has 0 bridgehead atoms. The minimum absolute atomic E-state index is 0.174. The van der Waals surface area contributed by atoms with Gasteiger partial charge in [0.15, 0.2) is 0 Å². The second kappa shape index (κ2) is 4.91. The molecule has 0 saturated carbocycles. The molecule has 1 fully saturated rings. The van der Waals surface area contributed by atoms with E-state index in [0.29, 0.717) is 13.2 Å². The van der Waals surface area contributed by atoms with E-state index in [1.165, 1.54) is 0 Å². The second-order valence-electron chi connectivity index (χ2n) is 4.22. The fraction of sp³-hybridized carbons (Fsp3) is 1.00. The Hall–Kier alpha value is -0.160. The molecule has 13 heavy (non-hydrogen) atoms. The Morgan fingerprint density at radius 1 is 1.31 bits per heavy atom. The lowest BCUT2D eigenvalue weighted by atomic mass is 10.1. The van der Waals surface area contributed by atoms with Crippen LogP contribution in [0.25, 0.3) is 0 Å². The predicted molar refractivity (Wildman–Crippen MR) is 51.7 cm³/mol. The Balaban J connectivity index is 2.19. The van der Waals surface area contributed by atoms with Crippen LogP contribution < -0.4 is 11.1 Å². The van der Waals surface area contributed by atoms with E-state index in [1.807, 2.05) is 13.8 Å². The maximum atomic E-state index is 5.85. The van der Waals surface area contributed by atoms with Crippen LogP contribution in [0.5, 0.6) is 0 Å². The minimum atomic E-state index is -0.174. The van der Waals surface area contributed by atoms with E-state index in [2.05, 4.69) is 5.32 Å². The molecule has 0 aromatic heterocycles. The summed E-state index contributed by atoms with van der Waals surface area (Å²) in [4.78, 5) is 0. The van der Waals surface area contributed by atoms with E-state index in [4.69, 9.17) is 15.2 Å². The highest BCUT2D eigenvalue weighted by atomic mass is 16.5. The van der Waals surface area contributed by atoms with Gasteiger partial charge >= 0.3 is 0 Å². The number of ether oxygens (including phenoxy) is 2. The van der Waals surface area contributed by atoms with Crippen LogP contribution in [0.2, 0.25) is 0 Å². The molecule has 1 aliphatic heterocycles. The van der Waals surface area contributed by atoms with Crippen LogP contribution in [0.4, 0.5) is 0 Å². The lowest BCUT2D eigenvalue weighted by Gasteiger charge is -2.23. The van der Waals surface area contributed by atoms with Crippen molar-refractivity contribution in [2.75, 3.05) is 33.0 Å². The molecule has 4 nitrogen and oxygen atoms in total. The maximum absolute atomic E-state index is 5.85. The summed E-state index contributed by atoms with van der Waals surface area (Å²) in [7, 11) is 0. The molecule has 0 atom stereocenters.